The normalized spacial score (nSPS) is 18.2. The number of carbonyl (C=O) groups is 1. The second-order valence-electron chi connectivity index (χ2n) is 5.86. The van der Waals surface area contributed by atoms with Crippen LogP contribution >= 0.6 is 0 Å². The molecule has 0 radical (unpaired) electrons. The Hall–Kier alpha value is -3.20. The number of hydrogen-bond donors (Lipinski definition) is 1. The third kappa shape index (κ3) is 3.13. The van der Waals surface area contributed by atoms with E-state index in [4.69, 9.17) is 5.11 Å². The maximum Gasteiger partial charge on any atom is 0.341 e. The maximum absolute atomic E-state index is 13.2. The van der Waals surface area contributed by atoms with Gasteiger partial charge in [-0.3, -0.25) is 4.99 Å². The van der Waals surface area contributed by atoms with Gasteiger partial charge in [0.05, 0.1) is 4.90 Å². The molecule has 1 atom stereocenters. The summed E-state index contributed by atoms with van der Waals surface area (Å²) in [6.45, 7) is 0. The van der Waals surface area contributed by atoms with E-state index < -0.39 is 38.0 Å². The summed E-state index contributed by atoms with van der Waals surface area (Å²) >= 11 is 0. The van der Waals surface area contributed by atoms with E-state index in [1.54, 1.807) is 0 Å². The number of sulfone groups is 1. The summed E-state index contributed by atoms with van der Waals surface area (Å²) in [7, 11) is -4.12. The first-order valence-corrected chi connectivity index (χ1v) is 9.29. The highest BCUT2D eigenvalue weighted by molar-refractivity contribution is 7.93. The van der Waals surface area contributed by atoms with Crippen LogP contribution in [0.3, 0.4) is 0 Å². The number of carboxylic acids is 1. The van der Waals surface area contributed by atoms with Gasteiger partial charge in [0.1, 0.15) is 11.4 Å². The molecule has 1 N–H and O–H groups in total. The Morgan fingerprint density at radius 3 is 2.07 bits per heavy atom. The molecule has 0 saturated heterocycles. The first-order valence-electron chi connectivity index (χ1n) is 7.81. The van der Waals surface area contributed by atoms with E-state index in [0.29, 0.717) is 0 Å². The highest BCUT2D eigenvalue weighted by Crippen LogP contribution is 2.38. The van der Waals surface area contributed by atoms with E-state index >= 15 is 0 Å². The van der Waals surface area contributed by atoms with Gasteiger partial charge in [-0.05, 0) is 41.5 Å². The molecule has 0 amide bonds. The van der Waals surface area contributed by atoms with E-state index in [1.165, 1.54) is 30.6 Å². The summed E-state index contributed by atoms with van der Waals surface area (Å²) in [6.07, 6.45) is 1.39. The van der Waals surface area contributed by atoms with Gasteiger partial charge in [-0.15, -0.1) is 0 Å². The minimum atomic E-state index is -4.12. The molecule has 2 aromatic rings. The van der Waals surface area contributed by atoms with Gasteiger partial charge in [-0.1, -0.05) is 24.3 Å². The molecule has 1 heterocycles. The molecular weight excluding hydrogens is 395 g/mol. The highest BCUT2D eigenvalue weighted by Gasteiger charge is 2.44. The summed E-state index contributed by atoms with van der Waals surface area (Å²) in [5, 5.41) is 8.93. The van der Waals surface area contributed by atoms with Crippen molar-refractivity contribution in [2.24, 2.45) is 4.99 Å². The zero-order valence-corrected chi connectivity index (χ0v) is 14.8. The molecule has 0 unspecified atom stereocenters. The Bertz CT molecular complexity index is 1100. The van der Waals surface area contributed by atoms with Crippen LogP contribution in [0.1, 0.15) is 11.1 Å². The fraction of sp³-hybridized carbons (Fsp3) is 0.0526. The van der Waals surface area contributed by atoms with Crippen molar-refractivity contribution in [2.75, 3.05) is 0 Å². The lowest BCUT2D eigenvalue weighted by molar-refractivity contribution is -0.130. The van der Waals surface area contributed by atoms with Gasteiger partial charge >= 0.3 is 5.97 Å². The SMILES string of the molecule is O=C(O)C(=C(F)F)c1ccc([C@]2(S(=O)(=O)c3ccc(F)cc3)C=CN=C2)cc1. The van der Waals surface area contributed by atoms with Gasteiger partial charge in [0.25, 0.3) is 6.08 Å². The number of hydrogen-bond acceptors (Lipinski definition) is 4. The number of halogens is 3. The fourth-order valence-corrected chi connectivity index (χ4v) is 4.63. The minimum Gasteiger partial charge on any atom is -0.477 e. The van der Waals surface area contributed by atoms with Gasteiger partial charge in [-0.25, -0.2) is 17.6 Å². The van der Waals surface area contributed by atoms with Crippen molar-refractivity contribution in [3.8, 4) is 0 Å². The Morgan fingerprint density at radius 1 is 1.00 bits per heavy atom. The predicted molar refractivity (Wildman–Crippen MR) is 96.1 cm³/mol. The van der Waals surface area contributed by atoms with Crippen LogP contribution in [-0.4, -0.2) is 25.7 Å². The van der Waals surface area contributed by atoms with Gasteiger partial charge in [0.15, 0.2) is 14.6 Å². The molecule has 0 aliphatic carbocycles. The van der Waals surface area contributed by atoms with Crippen LogP contribution in [0.4, 0.5) is 13.2 Å². The number of aliphatic imine (C=N–C) groups is 1. The van der Waals surface area contributed by atoms with Crippen LogP contribution < -0.4 is 0 Å². The predicted octanol–water partition coefficient (Wildman–Crippen LogP) is 3.79. The summed E-state index contributed by atoms with van der Waals surface area (Å²) in [4.78, 5) is 14.7. The Balaban J connectivity index is 2.12. The lowest BCUT2D eigenvalue weighted by Gasteiger charge is -2.25. The summed E-state index contributed by atoms with van der Waals surface area (Å²) in [5.74, 6) is -2.40. The van der Waals surface area contributed by atoms with Crippen molar-refractivity contribution in [1.82, 2.24) is 0 Å². The molecule has 5 nitrogen and oxygen atoms in total. The molecule has 28 heavy (non-hydrogen) atoms. The van der Waals surface area contributed by atoms with Crippen molar-refractivity contribution < 1.29 is 31.5 Å². The highest BCUT2D eigenvalue weighted by atomic mass is 32.2. The second-order valence-corrected chi connectivity index (χ2v) is 8.02. The molecule has 144 valence electrons. The summed E-state index contributed by atoms with van der Waals surface area (Å²) in [6, 6.07) is 8.92. The number of aliphatic carboxylic acids is 1. The molecule has 1 aliphatic heterocycles. The molecule has 0 aromatic heterocycles. The number of carboxylic acid groups (broad SMARTS) is 1. The van der Waals surface area contributed by atoms with Crippen LogP contribution in [0.15, 0.2) is 76.8 Å². The fourth-order valence-electron chi connectivity index (χ4n) is 2.85. The monoisotopic (exact) mass is 407 g/mol. The molecule has 0 bridgehead atoms. The molecule has 0 fully saturated rings. The van der Waals surface area contributed by atoms with E-state index in [2.05, 4.69) is 4.99 Å². The summed E-state index contributed by atoms with van der Waals surface area (Å²) in [5.41, 5.74) is -1.27. The molecule has 9 heteroatoms. The Kier molecular flexibility index (Phi) is 4.95. The largest absolute Gasteiger partial charge is 0.477 e. The average Bonchev–Trinajstić information content (AvgIpc) is 3.14. The van der Waals surface area contributed by atoms with Gasteiger partial charge in [-0.2, -0.15) is 8.78 Å². The lowest BCUT2D eigenvalue weighted by Crippen LogP contribution is -2.34. The topological polar surface area (TPSA) is 83.8 Å². The maximum atomic E-state index is 13.2. The standard InChI is InChI=1S/C19H12F3NO4S/c20-14-5-7-15(8-6-14)28(26,27)19(9-10-23-11-19)13-3-1-12(2-4-13)16(17(21)22)18(24)25/h1-11H,(H,24,25)/t19-/m0/s1. The van der Waals surface area contributed by atoms with Crippen LogP contribution in [0.5, 0.6) is 0 Å². The van der Waals surface area contributed by atoms with E-state index in [0.717, 1.165) is 36.4 Å². The third-order valence-corrected chi connectivity index (χ3v) is 6.53. The van der Waals surface area contributed by atoms with Crippen molar-refractivity contribution >= 4 is 27.6 Å². The first-order chi connectivity index (χ1) is 13.2. The van der Waals surface area contributed by atoms with E-state index in [-0.39, 0.29) is 16.0 Å². The number of rotatable bonds is 5. The van der Waals surface area contributed by atoms with Crippen LogP contribution in [-0.2, 0) is 19.4 Å². The van der Waals surface area contributed by atoms with Crippen LogP contribution in [0.2, 0.25) is 0 Å². The number of nitrogens with zero attached hydrogens (tertiary/aromatic N) is 1. The van der Waals surface area contributed by atoms with Crippen molar-refractivity contribution in [3.63, 3.8) is 0 Å². The zero-order valence-electron chi connectivity index (χ0n) is 14.0. The van der Waals surface area contributed by atoms with E-state index in [1.807, 2.05) is 0 Å². The van der Waals surface area contributed by atoms with Gasteiger partial charge < -0.3 is 5.11 Å². The van der Waals surface area contributed by atoms with Gasteiger partial charge in [0.2, 0.25) is 0 Å². The van der Waals surface area contributed by atoms with E-state index in [9.17, 15) is 26.4 Å². The van der Waals surface area contributed by atoms with Gasteiger partial charge in [0, 0.05) is 12.4 Å². The Labute approximate surface area is 158 Å². The van der Waals surface area contributed by atoms with Crippen LogP contribution in [0.25, 0.3) is 5.57 Å². The molecule has 3 rings (SSSR count). The molecule has 0 spiro atoms. The summed E-state index contributed by atoms with van der Waals surface area (Å²) < 4.78 is 63.7. The lowest BCUT2D eigenvalue weighted by atomic mass is 9.97. The minimum absolute atomic E-state index is 0.156. The third-order valence-electron chi connectivity index (χ3n) is 4.27. The smallest absolute Gasteiger partial charge is 0.341 e. The van der Waals surface area contributed by atoms with Crippen LogP contribution in [0, 0.1) is 5.82 Å². The van der Waals surface area contributed by atoms with Crippen molar-refractivity contribution in [1.29, 1.82) is 0 Å². The molecular formula is C19H12F3NO4S. The molecule has 2 aromatic carbocycles. The Morgan fingerprint density at radius 2 is 1.61 bits per heavy atom. The molecule has 1 aliphatic rings. The zero-order chi connectivity index (χ0) is 20.5. The number of benzene rings is 2. The average molecular weight is 407 g/mol. The molecule has 0 saturated carbocycles. The quantitative estimate of drug-likeness (QED) is 0.604. The second kappa shape index (κ2) is 7.08. The van der Waals surface area contributed by atoms with Crippen molar-refractivity contribution in [3.05, 3.63) is 83.8 Å². The first kappa shape index (κ1) is 19.6. The van der Waals surface area contributed by atoms with Crippen molar-refractivity contribution in [2.45, 2.75) is 9.64 Å².